The fourth-order valence-electron chi connectivity index (χ4n) is 5.25. The number of H-pyrrole nitrogens is 1. The van der Waals surface area contributed by atoms with Crippen molar-refractivity contribution in [2.24, 2.45) is 0 Å². The summed E-state index contributed by atoms with van der Waals surface area (Å²) in [6.45, 7) is 8.89. The number of rotatable bonds is 8. The van der Waals surface area contributed by atoms with Crippen molar-refractivity contribution >= 4 is 27.8 Å². The van der Waals surface area contributed by atoms with E-state index in [-0.39, 0.29) is 11.8 Å². The van der Waals surface area contributed by atoms with Crippen molar-refractivity contribution in [1.82, 2.24) is 10.3 Å². The van der Waals surface area contributed by atoms with Gasteiger partial charge < -0.3 is 24.2 Å². The Bertz CT molecular complexity index is 1590. The Morgan fingerprint density at radius 2 is 1.86 bits per heavy atom. The zero-order chi connectivity index (χ0) is 26.1. The SMILES string of the molecule is CCOc1ccc(C(CNC(=O)c2oc3cc(C)cc(C)c3c2C)c2c[nH]c3ccccc23)cc1OC. The molecule has 6 nitrogen and oxygen atoms in total. The first kappa shape index (κ1) is 24.5. The van der Waals surface area contributed by atoms with Gasteiger partial charge in [0.1, 0.15) is 5.58 Å². The molecule has 3 aromatic carbocycles. The molecule has 2 N–H and O–H groups in total. The minimum absolute atomic E-state index is 0.127. The predicted molar refractivity (Wildman–Crippen MR) is 147 cm³/mol. The monoisotopic (exact) mass is 496 g/mol. The van der Waals surface area contributed by atoms with Gasteiger partial charge in [0.2, 0.25) is 0 Å². The first-order valence-electron chi connectivity index (χ1n) is 12.6. The summed E-state index contributed by atoms with van der Waals surface area (Å²) >= 11 is 0. The molecule has 1 unspecified atom stereocenters. The van der Waals surface area contributed by atoms with Gasteiger partial charge in [-0.1, -0.05) is 30.3 Å². The van der Waals surface area contributed by atoms with E-state index in [2.05, 4.69) is 28.5 Å². The van der Waals surface area contributed by atoms with Crippen LogP contribution < -0.4 is 14.8 Å². The zero-order valence-electron chi connectivity index (χ0n) is 21.9. The van der Waals surface area contributed by atoms with Gasteiger partial charge in [0, 0.05) is 40.5 Å². The standard InChI is InChI=1S/C31H32N2O4/c1-6-36-26-12-11-21(15-27(26)35-5)23(24-17-32-25-10-8-7-9-22(24)25)16-33-31(34)30-20(4)29-19(3)13-18(2)14-28(29)37-30/h7-15,17,23,32H,6,16H2,1-5H3,(H,33,34). The summed E-state index contributed by atoms with van der Waals surface area (Å²) in [5, 5.41) is 5.26. The normalized spacial score (nSPS) is 12.1. The van der Waals surface area contributed by atoms with E-state index in [0.29, 0.717) is 30.4 Å². The van der Waals surface area contributed by atoms with E-state index in [1.807, 2.05) is 70.3 Å². The lowest BCUT2D eigenvalue weighted by molar-refractivity contribution is 0.0926. The predicted octanol–water partition coefficient (Wildman–Crippen LogP) is 6.81. The van der Waals surface area contributed by atoms with Crippen molar-refractivity contribution in [1.29, 1.82) is 0 Å². The molecule has 0 bridgehead atoms. The van der Waals surface area contributed by atoms with Crippen LogP contribution in [0.2, 0.25) is 0 Å². The molecule has 0 aliphatic rings. The van der Waals surface area contributed by atoms with Crippen LogP contribution in [0, 0.1) is 20.8 Å². The Hall–Kier alpha value is -4.19. The number of methoxy groups -OCH3 is 1. The summed E-state index contributed by atoms with van der Waals surface area (Å²) < 4.78 is 17.4. The summed E-state index contributed by atoms with van der Waals surface area (Å²) in [7, 11) is 1.64. The van der Waals surface area contributed by atoms with Gasteiger partial charge in [-0.05, 0) is 74.2 Å². The van der Waals surface area contributed by atoms with E-state index in [4.69, 9.17) is 13.9 Å². The van der Waals surface area contributed by atoms with Crippen LogP contribution in [0.4, 0.5) is 0 Å². The molecule has 190 valence electrons. The van der Waals surface area contributed by atoms with Gasteiger partial charge in [0.25, 0.3) is 5.91 Å². The van der Waals surface area contributed by atoms with Gasteiger partial charge >= 0.3 is 0 Å². The largest absolute Gasteiger partial charge is 0.493 e. The number of fused-ring (bicyclic) bond motifs is 2. The fraction of sp³-hybridized carbons (Fsp3) is 0.258. The third kappa shape index (κ3) is 4.55. The molecule has 5 aromatic rings. The highest BCUT2D eigenvalue weighted by Gasteiger charge is 2.24. The van der Waals surface area contributed by atoms with Crippen LogP contribution in [-0.2, 0) is 0 Å². The van der Waals surface area contributed by atoms with Crippen LogP contribution in [0.25, 0.3) is 21.9 Å². The van der Waals surface area contributed by atoms with E-state index in [1.165, 1.54) is 0 Å². The summed E-state index contributed by atoms with van der Waals surface area (Å²) in [6, 6.07) is 18.2. The second kappa shape index (κ2) is 10.1. The van der Waals surface area contributed by atoms with Gasteiger partial charge in [-0.3, -0.25) is 4.79 Å². The molecular weight excluding hydrogens is 464 g/mol. The van der Waals surface area contributed by atoms with Crippen LogP contribution in [0.5, 0.6) is 11.5 Å². The third-order valence-electron chi connectivity index (χ3n) is 6.93. The quantitative estimate of drug-likeness (QED) is 0.247. The first-order chi connectivity index (χ1) is 17.9. The van der Waals surface area contributed by atoms with Crippen molar-refractivity contribution in [2.45, 2.75) is 33.6 Å². The number of furan rings is 1. The van der Waals surface area contributed by atoms with Crippen LogP contribution >= 0.6 is 0 Å². The fourth-order valence-corrected chi connectivity index (χ4v) is 5.25. The maximum Gasteiger partial charge on any atom is 0.287 e. The molecule has 2 heterocycles. The van der Waals surface area contributed by atoms with Crippen LogP contribution in [0.15, 0.2) is 65.2 Å². The molecule has 0 aliphatic heterocycles. The van der Waals surface area contributed by atoms with Gasteiger partial charge in [-0.2, -0.15) is 0 Å². The number of aromatic nitrogens is 1. The van der Waals surface area contributed by atoms with Crippen LogP contribution in [0.1, 0.15) is 51.2 Å². The van der Waals surface area contributed by atoms with E-state index in [1.54, 1.807) is 7.11 Å². The van der Waals surface area contributed by atoms with Crippen molar-refractivity contribution < 1.29 is 18.7 Å². The number of nitrogens with one attached hydrogen (secondary N) is 2. The number of benzene rings is 3. The molecule has 1 amide bonds. The molecule has 37 heavy (non-hydrogen) atoms. The lowest BCUT2D eigenvalue weighted by Gasteiger charge is -2.20. The molecule has 0 fully saturated rings. The van der Waals surface area contributed by atoms with Crippen molar-refractivity contribution in [3.8, 4) is 11.5 Å². The Labute approximate surface area is 216 Å². The maximum atomic E-state index is 13.4. The van der Waals surface area contributed by atoms with Gasteiger partial charge in [0.15, 0.2) is 17.3 Å². The minimum Gasteiger partial charge on any atom is -0.493 e. The van der Waals surface area contributed by atoms with E-state index in [0.717, 1.165) is 49.7 Å². The van der Waals surface area contributed by atoms with Gasteiger partial charge in [0.05, 0.1) is 13.7 Å². The van der Waals surface area contributed by atoms with E-state index < -0.39 is 0 Å². The van der Waals surface area contributed by atoms with Crippen molar-refractivity contribution in [2.75, 3.05) is 20.3 Å². The van der Waals surface area contributed by atoms with E-state index in [9.17, 15) is 4.79 Å². The summed E-state index contributed by atoms with van der Waals surface area (Å²) in [4.78, 5) is 16.8. The first-order valence-corrected chi connectivity index (χ1v) is 12.6. The lowest BCUT2D eigenvalue weighted by atomic mass is 9.90. The Morgan fingerprint density at radius 1 is 1.05 bits per heavy atom. The highest BCUT2D eigenvalue weighted by molar-refractivity contribution is 6.00. The van der Waals surface area contributed by atoms with Crippen LogP contribution in [0.3, 0.4) is 0 Å². The maximum absolute atomic E-state index is 13.4. The minimum atomic E-state index is -0.228. The summed E-state index contributed by atoms with van der Waals surface area (Å²) in [5.41, 5.74) is 6.96. The van der Waals surface area contributed by atoms with Crippen molar-refractivity contribution in [3.05, 3.63) is 94.4 Å². The Morgan fingerprint density at radius 3 is 2.65 bits per heavy atom. The Balaban J connectivity index is 1.51. The average molecular weight is 497 g/mol. The molecule has 6 heteroatoms. The second-order valence-electron chi connectivity index (χ2n) is 9.41. The zero-order valence-corrected chi connectivity index (χ0v) is 21.9. The molecule has 0 saturated heterocycles. The molecule has 2 aromatic heterocycles. The molecule has 0 spiro atoms. The molecule has 0 aliphatic carbocycles. The van der Waals surface area contributed by atoms with Crippen LogP contribution in [-0.4, -0.2) is 31.2 Å². The number of carbonyl (C=O) groups is 1. The third-order valence-corrected chi connectivity index (χ3v) is 6.93. The van der Waals surface area contributed by atoms with Gasteiger partial charge in [-0.25, -0.2) is 0 Å². The highest BCUT2D eigenvalue weighted by atomic mass is 16.5. The van der Waals surface area contributed by atoms with Gasteiger partial charge in [-0.15, -0.1) is 0 Å². The lowest BCUT2D eigenvalue weighted by Crippen LogP contribution is -2.29. The molecule has 0 radical (unpaired) electrons. The highest BCUT2D eigenvalue weighted by Crippen LogP contribution is 2.36. The van der Waals surface area contributed by atoms with E-state index >= 15 is 0 Å². The summed E-state index contributed by atoms with van der Waals surface area (Å²) in [6.07, 6.45) is 2.02. The number of aromatic amines is 1. The molecule has 0 saturated carbocycles. The molecule has 5 rings (SSSR count). The number of para-hydroxylation sites is 1. The number of carbonyl (C=O) groups excluding carboxylic acids is 1. The van der Waals surface area contributed by atoms with Crippen molar-refractivity contribution in [3.63, 3.8) is 0 Å². The Kier molecular flexibility index (Phi) is 6.66. The number of ether oxygens (including phenoxy) is 2. The number of hydrogen-bond acceptors (Lipinski definition) is 4. The molecule has 1 atom stereocenters. The smallest absolute Gasteiger partial charge is 0.287 e. The average Bonchev–Trinajstić information content (AvgIpc) is 3.46. The summed E-state index contributed by atoms with van der Waals surface area (Å²) in [5.74, 6) is 1.35. The second-order valence-corrected chi connectivity index (χ2v) is 9.41. The number of aryl methyl sites for hydroxylation is 3. The number of hydrogen-bond donors (Lipinski definition) is 2. The number of amides is 1. The topological polar surface area (TPSA) is 76.5 Å². The molecular formula is C31H32N2O4.